The predicted molar refractivity (Wildman–Crippen MR) is 79.2 cm³/mol. The zero-order chi connectivity index (χ0) is 14.9. The summed E-state index contributed by atoms with van der Waals surface area (Å²) in [6, 6.07) is 5.83. The molecule has 0 amide bonds. The third kappa shape index (κ3) is 2.43. The maximum atomic E-state index is 11.2. The topological polar surface area (TPSA) is 64.3 Å². The number of carboxylic acids is 1. The highest BCUT2D eigenvalue weighted by molar-refractivity contribution is 9.10. The van der Waals surface area contributed by atoms with Gasteiger partial charge >= 0.3 is 5.97 Å². The first-order valence-electron chi connectivity index (χ1n) is 6.12. The lowest BCUT2D eigenvalue weighted by atomic mass is 10.1. The summed E-state index contributed by atoms with van der Waals surface area (Å²) < 4.78 is 7.20. The zero-order valence-corrected chi connectivity index (χ0v) is 13.1. The number of nitrogens with zero attached hydrogens (tertiary/aromatic N) is 2. The number of carboxylic acid groups (broad SMARTS) is 1. The lowest BCUT2D eigenvalue weighted by Gasteiger charge is -2.10. The van der Waals surface area contributed by atoms with E-state index in [1.54, 1.807) is 18.7 Å². The molecule has 0 bridgehead atoms. The normalized spacial score (nSPS) is 10.6. The van der Waals surface area contributed by atoms with Crippen molar-refractivity contribution in [3.8, 4) is 17.1 Å². The van der Waals surface area contributed by atoms with E-state index in [9.17, 15) is 9.90 Å². The molecule has 6 heteroatoms. The molecule has 5 nitrogen and oxygen atoms in total. The van der Waals surface area contributed by atoms with Crippen molar-refractivity contribution in [3.05, 3.63) is 34.1 Å². The first-order valence-corrected chi connectivity index (χ1v) is 6.91. The summed E-state index contributed by atoms with van der Waals surface area (Å²) in [4.78, 5) is 15.5. The van der Waals surface area contributed by atoms with E-state index in [1.165, 1.54) is 0 Å². The molecule has 0 aliphatic carbocycles. The lowest BCUT2D eigenvalue weighted by molar-refractivity contribution is 0.0685. The Kier molecular flexibility index (Phi) is 4.13. The predicted octanol–water partition coefficient (Wildman–Crippen LogP) is 3.12. The summed E-state index contributed by atoms with van der Waals surface area (Å²) in [7, 11) is 3.26. The number of aryl methyl sites for hydroxylation is 1. The Morgan fingerprint density at radius 3 is 2.70 bits per heavy atom. The number of imidazole rings is 1. The number of halogens is 1. The molecule has 1 heterocycles. The molecule has 2 rings (SSSR count). The standard InChI is InChI=1S/C14H15BrN2O3/c1-4-8-5-6-10(20-3)9(7-8)13-16-12(15)11(14(18)19)17(13)2/h5-7H,4H2,1-3H3,(H,18,19). The maximum absolute atomic E-state index is 11.2. The summed E-state index contributed by atoms with van der Waals surface area (Å²) in [6.45, 7) is 2.06. The Hall–Kier alpha value is -1.82. The van der Waals surface area contributed by atoms with Gasteiger partial charge in [0.15, 0.2) is 5.69 Å². The highest BCUT2D eigenvalue weighted by Gasteiger charge is 2.21. The Morgan fingerprint density at radius 1 is 1.50 bits per heavy atom. The number of aromatic carboxylic acids is 1. The summed E-state index contributed by atoms with van der Waals surface area (Å²) in [5.74, 6) is 0.199. The molecule has 0 saturated carbocycles. The molecule has 1 aromatic carbocycles. The van der Waals surface area contributed by atoms with Crippen LogP contribution >= 0.6 is 15.9 Å². The molecule has 0 aliphatic heterocycles. The fourth-order valence-corrected chi connectivity index (χ4v) is 2.69. The van der Waals surface area contributed by atoms with E-state index < -0.39 is 5.97 Å². The van der Waals surface area contributed by atoms with Crippen LogP contribution < -0.4 is 4.74 Å². The fourth-order valence-electron chi connectivity index (χ4n) is 2.09. The number of benzene rings is 1. The number of hydrogen-bond donors (Lipinski definition) is 1. The Bertz CT molecular complexity index is 665. The molecular weight excluding hydrogens is 324 g/mol. The van der Waals surface area contributed by atoms with Gasteiger partial charge in [0.1, 0.15) is 16.2 Å². The minimum absolute atomic E-state index is 0.115. The summed E-state index contributed by atoms with van der Waals surface area (Å²) in [6.07, 6.45) is 0.883. The van der Waals surface area contributed by atoms with Crippen molar-refractivity contribution in [2.45, 2.75) is 13.3 Å². The van der Waals surface area contributed by atoms with Crippen LogP contribution in [0.25, 0.3) is 11.4 Å². The monoisotopic (exact) mass is 338 g/mol. The minimum Gasteiger partial charge on any atom is -0.496 e. The van der Waals surface area contributed by atoms with Gasteiger partial charge in [-0.2, -0.15) is 0 Å². The SMILES string of the molecule is CCc1ccc(OC)c(-c2nc(Br)c(C(=O)O)n2C)c1. The van der Waals surface area contributed by atoms with Crippen molar-refractivity contribution in [1.82, 2.24) is 9.55 Å². The summed E-state index contributed by atoms with van der Waals surface area (Å²) in [5.41, 5.74) is 2.03. The number of rotatable bonds is 4. The van der Waals surface area contributed by atoms with Crippen LogP contribution in [0.1, 0.15) is 23.0 Å². The highest BCUT2D eigenvalue weighted by atomic mass is 79.9. The van der Waals surface area contributed by atoms with Crippen molar-refractivity contribution < 1.29 is 14.6 Å². The average Bonchev–Trinajstić information content (AvgIpc) is 2.73. The molecule has 0 fully saturated rings. The Morgan fingerprint density at radius 2 is 2.20 bits per heavy atom. The molecule has 1 aromatic heterocycles. The maximum Gasteiger partial charge on any atom is 0.355 e. The van der Waals surface area contributed by atoms with Crippen LogP contribution in [-0.2, 0) is 13.5 Å². The largest absolute Gasteiger partial charge is 0.496 e. The smallest absolute Gasteiger partial charge is 0.355 e. The third-order valence-electron chi connectivity index (χ3n) is 3.17. The second-order valence-corrected chi connectivity index (χ2v) is 5.08. The zero-order valence-electron chi connectivity index (χ0n) is 11.5. The van der Waals surface area contributed by atoms with E-state index in [-0.39, 0.29) is 5.69 Å². The number of ether oxygens (including phenoxy) is 1. The molecule has 2 aromatic rings. The van der Waals surface area contributed by atoms with Gasteiger partial charge in [0, 0.05) is 7.05 Å². The number of aromatic nitrogens is 2. The van der Waals surface area contributed by atoms with Gasteiger partial charge in [-0.15, -0.1) is 0 Å². The van der Waals surface area contributed by atoms with E-state index >= 15 is 0 Å². The van der Waals surface area contributed by atoms with Crippen molar-refractivity contribution in [2.24, 2.45) is 7.05 Å². The number of methoxy groups -OCH3 is 1. The van der Waals surface area contributed by atoms with Gasteiger partial charge in [0.2, 0.25) is 0 Å². The summed E-state index contributed by atoms with van der Waals surface area (Å²) in [5, 5.41) is 9.21. The summed E-state index contributed by atoms with van der Waals surface area (Å²) >= 11 is 3.19. The van der Waals surface area contributed by atoms with Crippen LogP contribution in [0.4, 0.5) is 0 Å². The van der Waals surface area contributed by atoms with Crippen LogP contribution in [0.15, 0.2) is 22.8 Å². The van der Waals surface area contributed by atoms with Gasteiger partial charge in [-0.3, -0.25) is 0 Å². The minimum atomic E-state index is -1.02. The van der Waals surface area contributed by atoms with Crippen LogP contribution in [-0.4, -0.2) is 27.7 Å². The highest BCUT2D eigenvalue weighted by Crippen LogP contribution is 2.32. The van der Waals surface area contributed by atoms with Crippen molar-refractivity contribution >= 4 is 21.9 Å². The quantitative estimate of drug-likeness (QED) is 0.930. The van der Waals surface area contributed by atoms with Gasteiger partial charge in [-0.1, -0.05) is 13.0 Å². The van der Waals surface area contributed by atoms with Crippen molar-refractivity contribution in [1.29, 1.82) is 0 Å². The van der Waals surface area contributed by atoms with Crippen LogP contribution in [0.3, 0.4) is 0 Å². The Labute approximate surface area is 125 Å². The van der Waals surface area contributed by atoms with Crippen molar-refractivity contribution in [3.63, 3.8) is 0 Å². The van der Waals surface area contributed by atoms with E-state index in [0.717, 1.165) is 17.5 Å². The second kappa shape index (κ2) is 5.66. The van der Waals surface area contributed by atoms with E-state index in [4.69, 9.17) is 4.74 Å². The van der Waals surface area contributed by atoms with E-state index in [2.05, 4.69) is 27.8 Å². The third-order valence-corrected chi connectivity index (χ3v) is 3.72. The van der Waals surface area contributed by atoms with Crippen molar-refractivity contribution in [2.75, 3.05) is 7.11 Å². The lowest BCUT2D eigenvalue weighted by Crippen LogP contribution is -2.06. The van der Waals surface area contributed by atoms with Gasteiger partial charge in [0.25, 0.3) is 0 Å². The molecule has 1 N–H and O–H groups in total. The number of hydrogen-bond acceptors (Lipinski definition) is 3. The fraction of sp³-hybridized carbons (Fsp3) is 0.286. The first kappa shape index (κ1) is 14.6. The second-order valence-electron chi connectivity index (χ2n) is 4.33. The molecule has 0 spiro atoms. The van der Waals surface area contributed by atoms with Crippen LogP contribution in [0.5, 0.6) is 5.75 Å². The molecule has 0 atom stereocenters. The number of carbonyl (C=O) groups is 1. The molecule has 0 aliphatic rings. The van der Waals surface area contributed by atoms with Gasteiger partial charge in [-0.25, -0.2) is 9.78 Å². The van der Waals surface area contributed by atoms with Gasteiger partial charge < -0.3 is 14.4 Å². The molecule has 0 saturated heterocycles. The van der Waals surface area contributed by atoms with Gasteiger partial charge in [0.05, 0.1) is 12.7 Å². The molecule has 0 unspecified atom stereocenters. The molecular formula is C14H15BrN2O3. The van der Waals surface area contributed by atoms with Gasteiger partial charge in [-0.05, 0) is 40.0 Å². The average molecular weight is 339 g/mol. The van der Waals surface area contributed by atoms with Crippen LogP contribution in [0.2, 0.25) is 0 Å². The van der Waals surface area contributed by atoms with E-state index in [0.29, 0.717) is 16.2 Å². The van der Waals surface area contributed by atoms with Crippen LogP contribution in [0, 0.1) is 0 Å². The molecule has 20 heavy (non-hydrogen) atoms. The molecule has 0 radical (unpaired) electrons. The van der Waals surface area contributed by atoms with E-state index in [1.807, 2.05) is 18.2 Å². The Balaban J connectivity index is 2.68. The first-order chi connectivity index (χ1) is 9.49. The molecule has 106 valence electrons.